The smallest absolute Gasteiger partial charge is 0.227 e. The molecule has 0 spiro atoms. The van der Waals surface area contributed by atoms with Gasteiger partial charge in [-0.25, -0.2) is 0 Å². The number of likely N-dealkylation sites (tertiary alicyclic amines) is 1. The zero-order valence-electron chi connectivity index (χ0n) is 14.5. The van der Waals surface area contributed by atoms with Crippen molar-refractivity contribution in [1.82, 2.24) is 15.1 Å². The first kappa shape index (κ1) is 17.3. The molecular weight excluding hydrogens is 278 g/mol. The number of piperidine rings is 1. The van der Waals surface area contributed by atoms with Crippen LogP contribution in [0.25, 0.3) is 0 Å². The number of carbonyl (C=O) groups is 2. The van der Waals surface area contributed by atoms with E-state index < -0.39 is 0 Å². The van der Waals surface area contributed by atoms with Crippen LogP contribution in [0.5, 0.6) is 0 Å². The van der Waals surface area contributed by atoms with Crippen LogP contribution in [0.1, 0.15) is 46.5 Å². The van der Waals surface area contributed by atoms with Crippen LogP contribution < -0.4 is 5.32 Å². The molecule has 126 valence electrons. The van der Waals surface area contributed by atoms with E-state index in [4.69, 9.17) is 0 Å². The Morgan fingerprint density at radius 2 is 1.73 bits per heavy atom. The van der Waals surface area contributed by atoms with Gasteiger partial charge < -0.3 is 15.1 Å². The van der Waals surface area contributed by atoms with E-state index in [9.17, 15) is 9.59 Å². The molecule has 1 aliphatic carbocycles. The first-order chi connectivity index (χ1) is 10.3. The summed E-state index contributed by atoms with van der Waals surface area (Å²) in [6.45, 7) is 8.91. The molecule has 1 aliphatic heterocycles. The number of hydrogen-bond donors (Lipinski definition) is 1. The van der Waals surface area contributed by atoms with Crippen molar-refractivity contribution in [2.75, 3.05) is 33.2 Å². The van der Waals surface area contributed by atoms with Gasteiger partial charge in [-0.1, -0.05) is 20.8 Å². The highest BCUT2D eigenvalue weighted by molar-refractivity contribution is 5.82. The van der Waals surface area contributed by atoms with Crippen molar-refractivity contribution in [3.05, 3.63) is 0 Å². The maximum atomic E-state index is 12.2. The molecule has 5 heteroatoms. The highest BCUT2D eigenvalue weighted by Crippen LogP contribution is 2.25. The fourth-order valence-corrected chi connectivity index (χ4v) is 3.02. The lowest BCUT2D eigenvalue weighted by molar-refractivity contribution is -0.142. The molecule has 2 amide bonds. The molecule has 2 aliphatic rings. The number of amides is 2. The fraction of sp³-hybridized carbons (Fsp3) is 0.882. The minimum absolute atomic E-state index is 0.0650. The SMILES string of the molecule is CN(CCNC(=O)C1CCN(C(=O)C(C)(C)C)CC1)C1CC1. The Kier molecular flexibility index (Phi) is 5.48. The quantitative estimate of drug-likeness (QED) is 0.837. The van der Waals surface area contributed by atoms with E-state index in [-0.39, 0.29) is 23.1 Å². The summed E-state index contributed by atoms with van der Waals surface area (Å²) >= 11 is 0. The van der Waals surface area contributed by atoms with E-state index in [1.54, 1.807) is 0 Å². The second-order valence-corrected chi connectivity index (χ2v) is 7.82. The van der Waals surface area contributed by atoms with Crippen LogP contribution in [0.2, 0.25) is 0 Å². The van der Waals surface area contributed by atoms with E-state index in [1.165, 1.54) is 12.8 Å². The Labute approximate surface area is 134 Å². The number of nitrogens with zero attached hydrogens (tertiary/aromatic N) is 2. The van der Waals surface area contributed by atoms with E-state index >= 15 is 0 Å². The number of carbonyl (C=O) groups excluding carboxylic acids is 2. The molecule has 1 saturated carbocycles. The molecule has 0 unspecified atom stereocenters. The average Bonchev–Trinajstić information content (AvgIpc) is 3.30. The molecule has 0 aromatic heterocycles. The fourth-order valence-electron chi connectivity index (χ4n) is 3.02. The first-order valence-corrected chi connectivity index (χ1v) is 8.56. The van der Waals surface area contributed by atoms with Gasteiger partial charge in [-0.2, -0.15) is 0 Å². The molecule has 0 atom stereocenters. The summed E-state index contributed by atoms with van der Waals surface area (Å²) in [6.07, 6.45) is 4.16. The van der Waals surface area contributed by atoms with Crippen LogP contribution >= 0.6 is 0 Å². The normalized spacial score (nSPS) is 20.3. The maximum absolute atomic E-state index is 12.2. The van der Waals surface area contributed by atoms with E-state index in [2.05, 4.69) is 17.3 Å². The topological polar surface area (TPSA) is 52.7 Å². The van der Waals surface area contributed by atoms with Gasteiger partial charge in [0.15, 0.2) is 0 Å². The molecule has 1 heterocycles. The second-order valence-electron chi connectivity index (χ2n) is 7.82. The Morgan fingerprint density at radius 3 is 2.23 bits per heavy atom. The van der Waals surface area contributed by atoms with Crippen molar-refractivity contribution in [2.45, 2.75) is 52.5 Å². The van der Waals surface area contributed by atoms with Crippen molar-refractivity contribution < 1.29 is 9.59 Å². The minimum atomic E-state index is -0.331. The van der Waals surface area contributed by atoms with Crippen molar-refractivity contribution in [1.29, 1.82) is 0 Å². The predicted octanol–water partition coefficient (Wildman–Crippen LogP) is 1.48. The molecule has 22 heavy (non-hydrogen) atoms. The zero-order valence-corrected chi connectivity index (χ0v) is 14.5. The Balaban J connectivity index is 1.67. The summed E-state index contributed by atoms with van der Waals surface area (Å²) in [5.41, 5.74) is -0.331. The second kappa shape index (κ2) is 6.99. The monoisotopic (exact) mass is 309 g/mol. The number of rotatable bonds is 5. The van der Waals surface area contributed by atoms with Crippen molar-refractivity contribution >= 4 is 11.8 Å². The largest absolute Gasteiger partial charge is 0.355 e. The van der Waals surface area contributed by atoms with Crippen molar-refractivity contribution in [3.63, 3.8) is 0 Å². The highest BCUT2D eigenvalue weighted by atomic mass is 16.2. The van der Waals surface area contributed by atoms with Crippen molar-refractivity contribution in [2.24, 2.45) is 11.3 Å². The summed E-state index contributed by atoms with van der Waals surface area (Å²) in [7, 11) is 2.13. The minimum Gasteiger partial charge on any atom is -0.355 e. The van der Waals surface area contributed by atoms with Gasteiger partial charge in [0, 0.05) is 43.6 Å². The zero-order chi connectivity index (χ0) is 16.3. The molecule has 1 saturated heterocycles. The van der Waals surface area contributed by atoms with Gasteiger partial charge in [-0.3, -0.25) is 9.59 Å². The first-order valence-electron chi connectivity index (χ1n) is 8.56. The van der Waals surface area contributed by atoms with Gasteiger partial charge in [0.1, 0.15) is 0 Å². The molecule has 5 nitrogen and oxygen atoms in total. The van der Waals surface area contributed by atoms with E-state index in [1.807, 2.05) is 25.7 Å². The average molecular weight is 309 g/mol. The lowest BCUT2D eigenvalue weighted by Gasteiger charge is -2.35. The molecule has 0 radical (unpaired) electrons. The number of hydrogen-bond acceptors (Lipinski definition) is 3. The molecule has 2 fully saturated rings. The van der Waals surface area contributed by atoms with E-state index in [0.717, 1.165) is 32.0 Å². The molecular formula is C17H31N3O2. The summed E-state index contributed by atoms with van der Waals surface area (Å²) in [5.74, 6) is 0.416. The standard InChI is InChI=1S/C17H31N3O2/c1-17(2,3)16(22)20-10-7-13(8-11-20)15(21)18-9-12-19(4)14-5-6-14/h13-14H,5-12H2,1-4H3,(H,18,21). The van der Waals surface area contributed by atoms with Gasteiger partial charge in [0.25, 0.3) is 0 Å². The third-order valence-corrected chi connectivity index (χ3v) is 4.73. The lowest BCUT2D eigenvalue weighted by atomic mass is 9.91. The Hall–Kier alpha value is -1.10. The van der Waals surface area contributed by atoms with Crippen LogP contribution in [-0.2, 0) is 9.59 Å². The van der Waals surface area contributed by atoms with Crippen LogP contribution in [0, 0.1) is 11.3 Å². The Morgan fingerprint density at radius 1 is 1.14 bits per heavy atom. The van der Waals surface area contributed by atoms with Crippen LogP contribution in [-0.4, -0.2) is 60.9 Å². The molecule has 2 rings (SSSR count). The third kappa shape index (κ3) is 4.70. The van der Waals surface area contributed by atoms with Gasteiger partial charge in [-0.15, -0.1) is 0 Å². The van der Waals surface area contributed by atoms with Crippen LogP contribution in [0.4, 0.5) is 0 Å². The number of nitrogens with one attached hydrogen (secondary N) is 1. The van der Waals surface area contributed by atoms with Gasteiger partial charge in [0.2, 0.25) is 11.8 Å². The Bertz CT molecular complexity index is 405. The van der Waals surface area contributed by atoms with E-state index in [0.29, 0.717) is 13.1 Å². The molecule has 0 bridgehead atoms. The third-order valence-electron chi connectivity index (χ3n) is 4.73. The van der Waals surface area contributed by atoms with Gasteiger partial charge in [-0.05, 0) is 32.7 Å². The summed E-state index contributed by atoms with van der Waals surface area (Å²) < 4.78 is 0. The summed E-state index contributed by atoms with van der Waals surface area (Å²) in [4.78, 5) is 28.7. The molecule has 0 aromatic carbocycles. The van der Waals surface area contributed by atoms with Crippen molar-refractivity contribution in [3.8, 4) is 0 Å². The number of likely N-dealkylation sites (N-methyl/N-ethyl adjacent to an activating group) is 1. The highest BCUT2D eigenvalue weighted by Gasteiger charge is 2.32. The lowest BCUT2D eigenvalue weighted by Crippen LogP contribution is -2.47. The molecule has 1 N–H and O–H groups in total. The maximum Gasteiger partial charge on any atom is 0.227 e. The molecule has 0 aromatic rings. The summed E-state index contributed by atoms with van der Waals surface area (Å²) in [6, 6.07) is 0.739. The van der Waals surface area contributed by atoms with Crippen LogP contribution in [0.15, 0.2) is 0 Å². The van der Waals surface area contributed by atoms with Gasteiger partial charge >= 0.3 is 0 Å². The van der Waals surface area contributed by atoms with Crippen LogP contribution in [0.3, 0.4) is 0 Å². The summed E-state index contributed by atoms with van der Waals surface area (Å²) in [5, 5.41) is 3.06. The predicted molar refractivity (Wildman–Crippen MR) is 87.4 cm³/mol. The van der Waals surface area contributed by atoms with Gasteiger partial charge in [0.05, 0.1) is 0 Å².